The zero-order chi connectivity index (χ0) is 18.8. The predicted octanol–water partition coefficient (Wildman–Crippen LogP) is 2.61. The second-order valence-corrected chi connectivity index (χ2v) is 6.65. The Morgan fingerprint density at radius 3 is 2.69 bits per heavy atom. The number of carbonyl (C=O) groups is 2. The Kier molecular flexibility index (Phi) is 4.99. The van der Waals surface area contributed by atoms with Crippen molar-refractivity contribution in [2.24, 2.45) is 0 Å². The third-order valence-electron chi connectivity index (χ3n) is 3.53. The van der Waals surface area contributed by atoms with Crippen LogP contribution in [0.2, 0.25) is 0 Å². The number of aromatic nitrogens is 4. The summed E-state index contributed by atoms with van der Waals surface area (Å²) in [6.07, 6.45) is 0. The van der Waals surface area contributed by atoms with Crippen molar-refractivity contribution in [1.29, 1.82) is 0 Å². The van der Waals surface area contributed by atoms with Crippen molar-refractivity contribution < 1.29 is 14.3 Å². The monoisotopic (exact) mass is 417 g/mol. The number of halogens is 1. The number of hydrogen-bond donors (Lipinski definition) is 1. The maximum Gasteiger partial charge on any atom is 0.378 e. The van der Waals surface area contributed by atoms with Crippen molar-refractivity contribution in [2.45, 2.75) is 20.8 Å². The summed E-state index contributed by atoms with van der Waals surface area (Å²) in [4.78, 5) is 32.3. The van der Waals surface area contributed by atoms with Gasteiger partial charge < -0.3 is 10.1 Å². The molecule has 3 aromatic rings. The van der Waals surface area contributed by atoms with Crippen LogP contribution < -0.4 is 5.32 Å². The van der Waals surface area contributed by atoms with E-state index in [-0.39, 0.29) is 5.82 Å². The van der Waals surface area contributed by atoms with E-state index in [1.54, 1.807) is 6.07 Å². The van der Waals surface area contributed by atoms with Gasteiger partial charge in [-0.2, -0.15) is 4.98 Å². The summed E-state index contributed by atoms with van der Waals surface area (Å²) >= 11 is 3.37. The Bertz CT molecular complexity index is 1020. The molecule has 2 heterocycles. The Balaban J connectivity index is 1.65. The number of anilines is 1. The fourth-order valence-electron chi connectivity index (χ4n) is 2.36. The predicted molar refractivity (Wildman–Crippen MR) is 98.0 cm³/mol. The summed E-state index contributed by atoms with van der Waals surface area (Å²) in [6.45, 7) is 5.16. The van der Waals surface area contributed by atoms with E-state index < -0.39 is 18.5 Å². The molecule has 26 heavy (non-hydrogen) atoms. The lowest BCUT2D eigenvalue weighted by molar-refractivity contribution is -0.119. The van der Waals surface area contributed by atoms with Gasteiger partial charge in [0.05, 0.1) is 5.69 Å². The molecule has 1 aromatic carbocycles. The molecule has 0 aliphatic heterocycles. The lowest BCUT2D eigenvalue weighted by Crippen LogP contribution is -2.21. The quantitative estimate of drug-likeness (QED) is 0.655. The summed E-state index contributed by atoms with van der Waals surface area (Å²) in [5, 5.41) is 6.73. The molecule has 0 bridgehead atoms. The van der Waals surface area contributed by atoms with Crippen molar-refractivity contribution in [3.8, 4) is 0 Å². The molecule has 0 atom stereocenters. The smallest absolute Gasteiger partial charge is 0.378 e. The molecule has 0 radical (unpaired) electrons. The van der Waals surface area contributed by atoms with Gasteiger partial charge in [-0.3, -0.25) is 4.79 Å². The van der Waals surface area contributed by atoms with Gasteiger partial charge in [0.15, 0.2) is 6.61 Å². The lowest BCUT2D eigenvalue weighted by atomic mass is 10.2. The first-order valence-electron chi connectivity index (χ1n) is 7.77. The summed E-state index contributed by atoms with van der Waals surface area (Å²) in [5.74, 6) is -1.08. The largest absolute Gasteiger partial charge is 0.450 e. The summed E-state index contributed by atoms with van der Waals surface area (Å²) in [6, 6.07) is 7.33. The molecule has 0 saturated carbocycles. The van der Waals surface area contributed by atoms with E-state index >= 15 is 0 Å². The number of amides is 1. The number of ether oxygens (including phenoxy) is 1. The number of nitrogens with one attached hydrogen (secondary N) is 1. The molecule has 0 aliphatic carbocycles. The number of hydrogen-bond acceptors (Lipinski definition) is 6. The number of fused-ring (bicyclic) bond motifs is 1. The van der Waals surface area contributed by atoms with E-state index in [1.165, 1.54) is 4.52 Å². The van der Waals surface area contributed by atoms with Crippen LogP contribution in [-0.2, 0) is 9.53 Å². The van der Waals surface area contributed by atoms with Crippen LogP contribution >= 0.6 is 15.9 Å². The third-order valence-corrected chi connectivity index (χ3v) is 4.19. The van der Waals surface area contributed by atoms with Crippen LogP contribution in [0, 0.1) is 20.8 Å². The van der Waals surface area contributed by atoms with E-state index in [4.69, 9.17) is 4.74 Å². The van der Waals surface area contributed by atoms with Crippen LogP contribution in [0.15, 0.2) is 28.7 Å². The van der Waals surface area contributed by atoms with Crippen LogP contribution in [0.3, 0.4) is 0 Å². The fourth-order valence-corrected chi connectivity index (χ4v) is 2.95. The number of benzene rings is 1. The van der Waals surface area contributed by atoms with Gasteiger partial charge in [0.2, 0.25) is 0 Å². The summed E-state index contributed by atoms with van der Waals surface area (Å²) in [7, 11) is 0. The van der Waals surface area contributed by atoms with E-state index in [2.05, 4.69) is 36.3 Å². The Labute approximate surface area is 157 Å². The second kappa shape index (κ2) is 7.20. The Hall–Kier alpha value is -2.81. The normalized spacial score (nSPS) is 10.8. The van der Waals surface area contributed by atoms with Gasteiger partial charge in [-0.1, -0.05) is 6.07 Å². The van der Waals surface area contributed by atoms with E-state index in [1.807, 2.05) is 39.0 Å². The van der Waals surface area contributed by atoms with Gasteiger partial charge in [0, 0.05) is 15.9 Å². The van der Waals surface area contributed by atoms with Gasteiger partial charge in [0.25, 0.3) is 17.5 Å². The van der Waals surface area contributed by atoms with Gasteiger partial charge in [0.1, 0.15) is 0 Å². The van der Waals surface area contributed by atoms with E-state index in [0.29, 0.717) is 11.5 Å². The molecule has 3 rings (SSSR count). The van der Waals surface area contributed by atoms with Gasteiger partial charge in [-0.25, -0.2) is 14.3 Å². The molecule has 1 N–H and O–H groups in total. The van der Waals surface area contributed by atoms with Crippen molar-refractivity contribution >= 4 is 39.3 Å². The van der Waals surface area contributed by atoms with Gasteiger partial charge >= 0.3 is 5.97 Å². The minimum Gasteiger partial charge on any atom is -0.450 e. The molecule has 9 heteroatoms. The average molecular weight is 418 g/mol. The third kappa shape index (κ3) is 3.88. The first-order chi connectivity index (χ1) is 12.3. The van der Waals surface area contributed by atoms with Crippen molar-refractivity contribution in [3.05, 3.63) is 51.5 Å². The molecule has 0 aliphatic rings. The highest BCUT2D eigenvalue weighted by atomic mass is 79.9. The number of carbonyl (C=O) groups excluding carboxylic acids is 2. The Morgan fingerprint density at radius 1 is 1.19 bits per heavy atom. The van der Waals surface area contributed by atoms with E-state index in [9.17, 15) is 9.59 Å². The molecule has 0 saturated heterocycles. The van der Waals surface area contributed by atoms with Crippen molar-refractivity contribution in [2.75, 3.05) is 11.9 Å². The van der Waals surface area contributed by atoms with Crippen molar-refractivity contribution in [3.63, 3.8) is 0 Å². The number of rotatable bonds is 4. The molecule has 0 spiro atoms. The molecule has 2 aromatic heterocycles. The maximum atomic E-state index is 12.1. The highest BCUT2D eigenvalue weighted by Gasteiger charge is 2.18. The first-order valence-corrected chi connectivity index (χ1v) is 8.57. The van der Waals surface area contributed by atoms with Gasteiger partial charge in [-0.15, -0.1) is 5.10 Å². The van der Waals surface area contributed by atoms with Crippen LogP contribution in [-0.4, -0.2) is 38.1 Å². The molecular formula is C17H16BrN5O3. The topological polar surface area (TPSA) is 98.5 Å². The maximum absolute atomic E-state index is 12.1. The minimum atomic E-state index is -0.786. The molecular weight excluding hydrogens is 402 g/mol. The highest BCUT2D eigenvalue weighted by molar-refractivity contribution is 9.10. The molecule has 1 amide bonds. The summed E-state index contributed by atoms with van der Waals surface area (Å²) < 4.78 is 7.19. The van der Waals surface area contributed by atoms with Gasteiger partial charge in [-0.05, 0) is 60.5 Å². The SMILES string of the molecule is Cc1ccc(NC(=O)COC(=O)c2nc3nc(C)cc(C)n3n2)c(Br)c1. The number of esters is 1. The zero-order valence-electron chi connectivity index (χ0n) is 14.4. The Morgan fingerprint density at radius 2 is 1.96 bits per heavy atom. The van der Waals surface area contributed by atoms with Crippen LogP contribution in [0.4, 0.5) is 5.69 Å². The molecule has 0 unspecified atom stereocenters. The first kappa shape index (κ1) is 18.0. The molecule has 134 valence electrons. The van der Waals surface area contributed by atoms with Crippen LogP contribution in [0.25, 0.3) is 5.78 Å². The second-order valence-electron chi connectivity index (χ2n) is 5.79. The number of aryl methyl sites for hydroxylation is 3. The molecule has 8 nitrogen and oxygen atoms in total. The van der Waals surface area contributed by atoms with E-state index in [0.717, 1.165) is 21.4 Å². The highest BCUT2D eigenvalue weighted by Crippen LogP contribution is 2.23. The summed E-state index contributed by atoms with van der Waals surface area (Å²) in [5.41, 5.74) is 3.21. The standard InChI is InChI=1S/C17H16BrN5O3/c1-9-4-5-13(12(18)6-9)20-14(24)8-26-16(25)15-21-17-19-10(2)7-11(3)23(17)22-15/h4-7H,8H2,1-3H3,(H,20,24). The lowest BCUT2D eigenvalue weighted by Gasteiger charge is -2.08. The fraction of sp³-hybridized carbons (Fsp3) is 0.235. The average Bonchev–Trinajstić information content (AvgIpc) is 2.99. The molecule has 0 fully saturated rings. The zero-order valence-corrected chi connectivity index (χ0v) is 16.0. The van der Waals surface area contributed by atoms with Crippen LogP contribution in [0.1, 0.15) is 27.6 Å². The van der Waals surface area contributed by atoms with Crippen LogP contribution in [0.5, 0.6) is 0 Å². The number of nitrogens with zero attached hydrogens (tertiary/aromatic N) is 4. The minimum absolute atomic E-state index is 0.143. The van der Waals surface area contributed by atoms with Crippen molar-refractivity contribution in [1.82, 2.24) is 19.6 Å².